The van der Waals surface area contributed by atoms with Crippen LogP contribution in [0.25, 0.3) is 0 Å². The number of methoxy groups -OCH3 is 1. The fourth-order valence-corrected chi connectivity index (χ4v) is 2.76. The zero-order valence-electron chi connectivity index (χ0n) is 12.4. The second-order valence-electron chi connectivity index (χ2n) is 5.43. The summed E-state index contributed by atoms with van der Waals surface area (Å²) in [7, 11) is 1.43. The molecule has 1 fully saturated rings. The monoisotopic (exact) mass is 314 g/mol. The van der Waals surface area contributed by atoms with Gasteiger partial charge in [-0.3, -0.25) is 9.69 Å². The summed E-state index contributed by atoms with van der Waals surface area (Å²) in [6.45, 7) is 0.522. The number of likely N-dealkylation sites (tertiary alicyclic amines) is 1. The predicted octanol–water partition coefficient (Wildman–Crippen LogP) is 0.663. The van der Waals surface area contributed by atoms with E-state index in [9.17, 15) is 18.7 Å². The molecule has 7 heteroatoms. The molecule has 1 aromatic rings. The quantitative estimate of drug-likeness (QED) is 0.810. The van der Waals surface area contributed by atoms with Gasteiger partial charge >= 0.3 is 0 Å². The third-order valence-electron chi connectivity index (χ3n) is 3.76. The van der Waals surface area contributed by atoms with E-state index in [2.05, 4.69) is 5.32 Å². The Morgan fingerprint density at radius 2 is 2.27 bits per heavy atom. The molecule has 1 heterocycles. The number of hydrogen-bond acceptors (Lipinski definition) is 4. The SMILES string of the molecule is COCC(=O)N[C@H]1C[C@@H](CO)N(Cc2cc(F)ccc2F)C1. The Morgan fingerprint density at radius 3 is 2.95 bits per heavy atom. The summed E-state index contributed by atoms with van der Waals surface area (Å²) in [6, 6.07) is 2.97. The van der Waals surface area contributed by atoms with Crippen LogP contribution in [-0.2, 0) is 16.1 Å². The molecular weight excluding hydrogens is 294 g/mol. The maximum atomic E-state index is 13.7. The van der Waals surface area contributed by atoms with Gasteiger partial charge in [0.25, 0.3) is 0 Å². The Labute approximate surface area is 127 Å². The maximum Gasteiger partial charge on any atom is 0.246 e. The zero-order chi connectivity index (χ0) is 16.1. The van der Waals surface area contributed by atoms with E-state index < -0.39 is 11.6 Å². The molecule has 2 rings (SSSR count). The van der Waals surface area contributed by atoms with E-state index in [-0.39, 0.29) is 43.3 Å². The molecule has 0 aliphatic carbocycles. The van der Waals surface area contributed by atoms with Crippen LogP contribution in [0, 0.1) is 11.6 Å². The molecule has 0 unspecified atom stereocenters. The maximum absolute atomic E-state index is 13.7. The van der Waals surface area contributed by atoms with Crippen molar-refractivity contribution in [2.24, 2.45) is 0 Å². The van der Waals surface area contributed by atoms with Gasteiger partial charge in [0.15, 0.2) is 0 Å². The second kappa shape index (κ2) is 7.62. The van der Waals surface area contributed by atoms with Crippen LogP contribution < -0.4 is 5.32 Å². The molecule has 0 bridgehead atoms. The van der Waals surface area contributed by atoms with Crippen LogP contribution in [-0.4, -0.2) is 54.9 Å². The third kappa shape index (κ3) is 4.22. The molecule has 2 N–H and O–H groups in total. The minimum absolute atomic E-state index is 0.0290. The molecule has 2 atom stereocenters. The fourth-order valence-electron chi connectivity index (χ4n) is 2.76. The molecule has 0 aromatic heterocycles. The van der Waals surface area contributed by atoms with Gasteiger partial charge in [0.2, 0.25) is 5.91 Å². The van der Waals surface area contributed by atoms with E-state index in [4.69, 9.17) is 4.74 Å². The van der Waals surface area contributed by atoms with Crippen molar-refractivity contribution in [2.75, 3.05) is 26.9 Å². The summed E-state index contributed by atoms with van der Waals surface area (Å²) in [4.78, 5) is 13.4. The van der Waals surface area contributed by atoms with Crippen LogP contribution in [0.1, 0.15) is 12.0 Å². The number of carbonyl (C=O) groups is 1. The Kier molecular flexibility index (Phi) is 5.82. The summed E-state index contributed by atoms with van der Waals surface area (Å²) < 4.78 is 31.7. The number of rotatable bonds is 6. The topological polar surface area (TPSA) is 61.8 Å². The van der Waals surface area contributed by atoms with Gasteiger partial charge in [-0.2, -0.15) is 0 Å². The lowest BCUT2D eigenvalue weighted by Crippen LogP contribution is -2.38. The lowest BCUT2D eigenvalue weighted by molar-refractivity contribution is -0.125. The van der Waals surface area contributed by atoms with Crippen molar-refractivity contribution in [3.8, 4) is 0 Å². The number of nitrogens with zero attached hydrogens (tertiary/aromatic N) is 1. The Hall–Kier alpha value is -1.57. The largest absolute Gasteiger partial charge is 0.395 e. The predicted molar refractivity (Wildman–Crippen MR) is 76.1 cm³/mol. The van der Waals surface area contributed by atoms with Gasteiger partial charge in [-0.1, -0.05) is 0 Å². The van der Waals surface area contributed by atoms with Crippen molar-refractivity contribution in [1.29, 1.82) is 0 Å². The Bertz CT molecular complexity index is 528. The van der Waals surface area contributed by atoms with Crippen LogP contribution in [0.4, 0.5) is 8.78 Å². The first kappa shape index (κ1) is 16.8. The minimum Gasteiger partial charge on any atom is -0.395 e. The highest BCUT2D eigenvalue weighted by Gasteiger charge is 2.32. The summed E-state index contributed by atoms with van der Waals surface area (Å²) in [5.74, 6) is -1.21. The molecule has 1 aliphatic heterocycles. The first-order chi connectivity index (χ1) is 10.5. The lowest BCUT2D eigenvalue weighted by Gasteiger charge is -2.22. The van der Waals surface area contributed by atoms with Crippen LogP contribution in [0.15, 0.2) is 18.2 Å². The highest BCUT2D eigenvalue weighted by molar-refractivity contribution is 5.77. The van der Waals surface area contributed by atoms with Crippen LogP contribution in [0.3, 0.4) is 0 Å². The van der Waals surface area contributed by atoms with Crippen molar-refractivity contribution >= 4 is 5.91 Å². The smallest absolute Gasteiger partial charge is 0.246 e. The average Bonchev–Trinajstić information content (AvgIpc) is 2.84. The van der Waals surface area contributed by atoms with Crippen LogP contribution >= 0.6 is 0 Å². The molecule has 1 aliphatic rings. The summed E-state index contributed by atoms with van der Waals surface area (Å²) >= 11 is 0. The standard InChI is InChI=1S/C15H20F2N2O3/c1-22-9-15(21)18-12-5-13(8-20)19(7-12)6-10-4-11(16)2-3-14(10)17/h2-4,12-13,20H,5-9H2,1H3,(H,18,21)/t12-,13-/m0/s1. The average molecular weight is 314 g/mol. The van der Waals surface area contributed by atoms with E-state index in [1.807, 2.05) is 4.90 Å². The number of aliphatic hydroxyl groups is 1. The van der Waals surface area contributed by atoms with E-state index in [0.29, 0.717) is 13.0 Å². The summed E-state index contributed by atoms with van der Waals surface area (Å²) in [5, 5.41) is 12.2. The third-order valence-corrected chi connectivity index (χ3v) is 3.76. The highest BCUT2D eigenvalue weighted by Crippen LogP contribution is 2.22. The second-order valence-corrected chi connectivity index (χ2v) is 5.43. The fraction of sp³-hybridized carbons (Fsp3) is 0.533. The molecule has 0 radical (unpaired) electrons. The van der Waals surface area contributed by atoms with Gasteiger partial charge in [0.1, 0.15) is 18.2 Å². The van der Waals surface area contributed by atoms with Crippen molar-refractivity contribution in [3.63, 3.8) is 0 Å². The first-order valence-electron chi connectivity index (χ1n) is 7.10. The minimum atomic E-state index is -0.499. The molecule has 0 spiro atoms. The first-order valence-corrected chi connectivity index (χ1v) is 7.10. The van der Waals surface area contributed by atoms with Gasteiger partial charge in [-0.25, -0.2) is 8.78 Å². The van der Waals surface area contributed by atoms with Crippen molar-refractivity contribution in [2.45, 2.75) is 25.0 Å². The number of amides is 1. The zero-order valence-corrected chi connectivity index (χ0v) is 12.4. The molecular formula is C15H20F2N2O3. The van der Waals surface area contributed by atoms with E-state index in [0.717, 1.165) is 18.2 Å². The molecule has 5 nitrogen and oxygen atoms in total. The van der Waals surface area contributed by atoms with Gasteiger partial charge in [-0.05, 0) is 24.6 Å². The molecule has 22 heavy (non-hydrogen) atoms. The number of nitrogens with one attached hydrogen (secondary N) is 1. The number of aliphatic hydroxyl groups excluding tert-OH is 1. The van der Waals surface area contributed by atoms with Crippen LogP contribution in [0.2, 0.25) is 0 Å². The lowest BCUT2D eigenvalue weighted by atomic mass is 10.1. The molecule has 122 valence electrons. The number of carbonyl (C=O) groups excluding carboxylic acids is 1. The number of halogens is 2. The van der Waals surface area contributed by atoms with Gasteiger partial charge in [0.05, 0.1) is 6.61 Å². The van der Waals surface area contributed by atoms with E-state index in [1.54, 1.807) is 0 Å². The van der Waals surface area contributed by atoms with E-state index in [1.165, 1.54) is 7.11 Å². The Morgan fingerprint density at radius 1 is 1.50 bits per heavy atom. The Balaban J connectivity index is 2.00. The highest BCUT2D eigenvalue weighted by atomic mass is 19.1. The van der Waals surface area contributed by atoms with Gasteiger partial charge in [0, 0.05) is 37.8 Å². The van der Waals surface area contributed by atoms with Crippen molar-refractivity contribution < 1.29 is 23.4 Å². The number of ether oxygens (including phenoxy) is 1. The molecule has 1 saturated heterocycles. The van der Waals surface area contributed by atoms with Crippen molar-refractivity contribution in [3.05, 3.63) is 35.4 Å². The summed E-state index contributed by atoms with van der Waals surface area (Å²) in [5.41, 5.74) is 0.238. The summed E-state index contributed by atoms with van der Waals surface area (Å²) in [6.07, 6.45) is 0.558. The van der Waals surface area contributed by atoms with Crippen LogP contribution in [0.5, 0.6) is 0 Å². The number of benzene rings is 1. The molecule has 0 saturated carbocycles. The van der Waals surface area contributed by atoms with E-state index >= 15 is 0 Å². The van der Waals surface area contributed by atoms with Crippen molar-refractivity contribution in [1.82, 2.24) is 10.2 Å². The van der Waals surface area contributed by atoms with Gasteiger partial charge < -0.3 is 15.2 Å². The number of hydrogen-bond donors (Lipinski definition) is 2. The normalized spacial score (nSPS) is 22.0. The molecule has 1 aromatic carbocycles. The van der Waals surface area contributed by atoms with Gasteiger partial charge in [-0.15, -0.1) is 0 Å². The molecule has 1 amide bonds.